The van der Waals surface area contributed by atoms with E-state index in [2.05, 4.69) is 24.0 Å². The zero-order valence-corrected chi connectivity index (χ0v) is 14.7. The molecule has 23 heavy (non-hydrogen) atoms. The minimum absolute atomic E-state index is 0.470. The summed E-state index contributed by atoms with van der Waals surface area (Å²) in [5.74, 6) is 0.470. The Balaban J connectivity index is 1.55. The molecule has 2 heterocycles. The van der Waals surface area contributed by atoms with Crippen molar-refractivity contribution in [1.82, 2.24) is 13.5 Å². The van der Waals surface area contributed by atoms with E-state index in [-0.39, 0.29) is 0 Å². The molecule has 1 unspecified atom stereocenters. The summed E-state index contributed by atoms with van der Waals surface area (Å²) in [5, 5.41) is 0. The molecule has 0 spiro atoms. The van der Waals surface area contributed by atoms with Gasteiger partial charge in [-0.25, -0.2) is 0 Å². The molecule has 0 saturated carbocycles. The van der Waals surface area contributed by atoms with E-state index >= 15 is 0 Å². The molecule has 0 aliphatic carbocycles. The third kappa shape index (κ3) is 4.12. The van der Waals surface area contributed by atoms with E-state index in [9.17, 15) is 8.42 Å². The van der Waals surface area contributed by atoms with Gasteiger partial charge in [0.15, 0.2) is 0 Å². The van der Waals surface area contributed by atoms with Crippen LogP contribution < -0.4 is 0 Å². The van der Waals surface area contributed by atoms with Crippen molar-refractivity contribution in [1.29, 1.82) is 0 Å². The number of piperazine rings is 1. The molecule has 3 rings (SSSR count). The van der Waals surface area contributed by atoms with Crippen molar-refractivity contribution in [2.75, 3.05) is 39.3 Å². The molecule has 0 bridgehead atoms. The summed E-state index contributed by atoms with van der Waals surface area (Å²) in [6.07, 6.45) is 2.12. The molecule has 1 aromatic carbocycles. The van der Waals surface area contributed by atoms with Gasteiger partial charge in [-0.05, 0) is 24.3 Å². The summed E-state index contributed by atoms with van der Waals surface area (Å²) in [7, 11) is -3.27. The average molecular weight is 337 g/mol. The SMILES string of the molecule is CC1CCCN(S(=O)(=O)N2CCN(Cc3ccccc3)CC2)C1. The highest BCUT2D eigenvalue weighted by Gasteiger charge is 2.34. The second-order valence-corrected chi connectivity index (χ2v) is 8.70. The van der Waals surface area contributed by atoms with Crippen molar-refractivity contribution < 1.29 is 8.42 Å². The lowest BCUT2D eigenvalue weighted by molar-refractivity contribution is 0.169. The lowest BCUT2D eigenvalue weighted by Crippen LogP contribution is -2.54. The van der Waals surface area contributed by atoms with E-state index in [1.165, 1.54) is 5.56 Å². The Labute approximate surface area is 140 Å². The van der Waals surface area contributed by atoms with Gasteiger partial charge in [0.2, 0.25) is 0 Å². The van der Waals surface area contributed by atoms with Crippen LogP contribution in [0.4, 0.5) is 0 Å². The van der Waals surface area contributed by atoms with Crippen LogP contribution in [-0.4, -0.2) is 61.2 Å². The molecule has 5 nitrogen and oxygen atoms in total. The molecular weight excluding hydrogens is 310 g/mol. The third-order valence-electron chi connectivity index (χ3n) is 4.85. The molecular formula is C17H27N3O2S. The van der Waals surface area contributed by atoms with Gasteiger partial charge >= 0.3 is 0 Å². The van der Waals surface area contributed by atoms with Gasteiger partial charge in [-0.1, -0.05) is 37.3 Å². The van der Waals surface area contributed by atoms with Crippen molar-refractivity contribution in [2.45, 2.75) is 26.3 Å². The number of nitrogens with zero attached hydrogens (tertiary/aromatic N) is 3. The highest BCUT2D eigenvalue weighted by molar-refractivity contribution is 7.86. The van der Waals surface area contributed by atoms with E-state index in [1.54, 1.807) is 8.61 Å². The standard InChI is InChI=1S/C17H27N3O2S/c1-16-6-5-9-20(14-16)23(21,22)19-12-10-18(11-13-19)15-17-7-3-2-4-8-17/h2-4,7-8,16H,5-6,9-15H2,1H3. The lowest BCUT2D eigenvalue weighted by Gasteiger charge is -2.38. The molecule has 1 aromatic rings. The lowest BCUT2D eigenvalue weighted by atomic mass is 10.0. The molecule has 6 heteroatoms. The molecule has 2 saturated heterocycles. The molecule has 2 aliphatic heterocycles. The van der Waals surface area contributed by atoms with Gasteiger partial charge in [0.25, 0.3) is 10.2 Å². The molecule has 128 valence electrons. The smallest absolute Gasteiger partial charge is 0.282 e. The molecule has 0 radical (unpaired) electrons. The highest BCUT2D eigenvalue weighted by Crippen LogP contribution is 2.21. The Hall–Kier alpha value is -0.950. The normalized spacial score (nSPS) is 25.5. The summed E-state index contributed by atoms with van der Waals surface area (Å²) >= 11 is 0. The Bertz CT molecular complexity index is 598. The van der Waals surface area contributed by atoms with E-state index in [1.807, 2.05) is 18.2 Å². The number of hydrogen-bond donors (Lipinski definition) is 0. The van der Waals surface area contributed by atoms with Crippen molar-refractivity contribution >= 4 is 10.2 Å². The minimum Gasteiger partial charge on any atom is -0.296 e. The predicted molar refractivity (Wildman–Crippen MR) is 92.2 cm³/mol. The second-order valence-electron chi connectivity index (χ2n) is 6.77. The first-order chi connectivity index (χ1) is 11.1. The largest absolute Gasteiger partial charge is 0.296 e. The Morgan fingerprint density at radius 3 is 2.35 bits per heavy atom. The van der Waals surface area contributed by atoms with Crippen LogP contribution in [0.3, 0.4) is 0 Å². The quantitative estimate of drug-likeness (QED) is 0.841. The fourth-order valence-electron chi connectivity index (χ4n) is 3.48. The van der Waals surface area contributed by atoms with Crippen molar-refractivity contribution in [3.63, 3.8) is 0 Å². The number of piperidine rings is 1. The fraction of sp³-hybridized carbons (Fsp3) is 0.647. The Morgan fingerprint density at radius 2 is 1.70 bits per heavy atom. The predicted octanol–water partition coefficient (Wildman–Crippen LogP) is 1.78. The van der Waals surface area contributed by atoms with Crippen LogP contribution in [0.2, 0.25) is 0 Å². The van der Waals surface area contributed by atoms with Gasteiger partial charge in [-0.15, -0.1) is 0 Å². The topological polar surface area (TPSA) is 43.9 Å². The zero-order chi connectivity index (χ0) is 16.3. The van der Waals surface area contributed by atoms with E-state index in [0.29, 0.717) is 32.1 Å². The van der Waals surface area contributed by atoms with Gasteiger partial charge in [-0.2, -0.15) is 17.0 Å². The Morgan fingerprint density at radius 1 is 1.00 bits per heavy atom. The zero-order valence-electron chi connectivity index (χ0n) is 13.9. The van der Waals surface area contributed by atoms with Gasteiger partial charge in [0.1, 0.15) is 0 Å². The maximum Gasteiger partial charge on any atom is 0.282 e. The summed E-state index contributed by atoms with van der Waals surface area (Å²) in [6, 6.07) is 10.4. The first-order valence-electron chi connectivity index (χ1n) is 8.57. The van der Waals surface area contributed by atoms with E-state index in [4.69, 9.17) is 0 Å². The van der Waals surface area contributed by atoms with Crippen molar-refractivity contribution in [3.05, 3.63) is 35.9 Å². The Kier molecular flexibility index (Phi) is 5.36. The second kappa shape index (κ2) is 7.30. The first-order valence-corrected chi connectivity index (χ1v) is 9.97. The summed E-state index contributed by atoms with van der Waals surface area (Å²) < 4.78 is 28.9. The monoisotopic (exact) mass is 337 g/mol. The highest BCUT2D eigenvalue weighted by atomic mass is 32.2. The summed E-state index contributed by atoms with van der Waals surface area (Å²) in [4.78, 5) is 2.33. The van der Waals surface area contributed by atoms with Crippen LogP contribution in [0.25, 0.3) is 0 Å². The molecule has 2 aliphatic rings. The van der Waals surface area contributed by atoms with Crippen LogP contribution in [0, 0.1) is 5.92 Å². The molecule has 0 amide bonds. The van der Waals surface area contributed by atoms with Crippen LogP contribution in [-0.2, 0) is 16.8 Å². The van der Waals surface area contributed by atoms with Gasteiger partial charge in [0.05, 0.1) is 0 Å². The van der Waals surface area contributed by atoms with Crippen LogP contribution in [0.1, 0.15) is 25.3 Å². The maximum atomic E-state index is 12.8. The van der Waals surface area contributed by atoms with Gasteiger partial charge < -0.3 is 0 Å². The van der Waals surface area contributed by atoms with Crippen LogP contribution in [0.15, 0.2) is 30.3 Å². The summed E-state index contributed by atoms with van der Waals surface area (Å²) in [6.45, 7) is 7.19. The molecule has 0 N–H and O–H groups in total. The van der Waals surface area contributed by atoms with E-state index < -0.39 is 10.2 Å². The first kappa shape index (κ1) is 16.9. The number of hydrogen-bond acceptors (Lipinski definition) is 3. The number of benzene rings is 1. The van der Waals surface area contributed by atoms with Gasteiger partial charge in [-0.3, -0.25) is 4.90 Å². The van der Waals surface area contributed by atoms with Crippen LogP contribution >= 0.6 is 0 Å². The molecule has 2 fully saturated rings. The van der Waals surface area contributed by atoms with Crippen molar-refractivity contribution in [2.24, 2.45) is 5.92 Å². The summed E-state index contributed by atoms with van der Waals surface area (Å²) in [5.41, 5.74) is 1.29. The van der Waals surface area contributed by atoms with Crippen LogP contribution in [0.5, 0.6) is 0 Å². The van der Waals surface area contributed by atoms with E-state index in [0.717, 1.165) is 32.5 Å². The minimum atomic E-state index is -3.27. The van der Waals surface area contributed by atoms with Gasteiger partial charge in [0, 0.05) is 45.8 Å². The molecule has 0 aromatic heterocycles. The maximum absolute atomic E-state index is 12.8. The van der Waals surface area contributed by atoms with Crippen molar-refractivity contribution in [3.8, 4) is 0 Å². The fourth-order valence-corrected chi connectivity index (χ4v) is 5.23. The third-order valence-corrected chi connectivity index (χ3v) is 6.85. The molecule has 1 atom stereocenters. The average Bonchev–Trinajstić information content (AvgIpc) is 2.56. The number of rotatable bonds is 4.